The lowest BCUT2D eigenvalue weighted by molar-refractivity contribution is 0.170. The van der Waals surface area contributed by atoms with Crippen molar-refractivity contribution in [2.75, 3.05) is 18.5 Å². The van der Waals surface area contributed by atoms with Crippen LogP contribution in [0.5, 0.6) is 5.75 Å². The number of likely N-dealkylation sites (tertiary alicyclic amines) is 1. The number of nitrogens with one attached hydrogen (secondary N) is 1. The van der Waals surface area contributed by atoms with E-state index in [-0.39, 0.29) is 12.1 Å². The fourth-order valence-electron chi connectivity index (χ4n) is 2.95. The van der Waals surface area contributed by atoms with Crippen molar-refractivity contribution in [3.05, 3.63) is 22.7 Å². The van der Waals surface area contributed by atoms with E-state index < -0.39 is 0 Å². The smallest absolute Gasteiger partial charge is 0.322 e. The fourth-order valence-corrected chi connectivity index (χ4v) is 3.19. The topological polar surface area (TPSA) is 41.6 Å². The van der Waals surface area contributed by atoms with Crippen molar-refractivity contribution in [1.29, 1.82) is 0 Å². The van der Waals surface area contributed by atoms with Gasteiger partial charge in [-0.3, -0.25) is 0 Å². The van der Waals surface area contributed by atoms with Crippen LogP contribution in [0.3, 0.4) is 0 Å². The Morgan fingerprint density at radius 2 is 2.30 bits per heavy atom. The van der Waals surface area contributed by atoms with Crippen LogP contribution in [0.4, 0.5) is 10.5 Å². The molecule has 2 aliphatic rings. The number of halogens is 1. The maximum atomic E-state index is 12.4. The Hall–Kier alpha value is -1.42. The van der Waals surface area contributed by atoms with Crippen molar-refractivity contribution in [3.8, 4) is 5.75 Å². The number of urea groups is 1. The van der Waals surface area contributed by atoms with Crippen molar-refractivity contribution < 1.29 is 9.53 Å². The summed E-state index contributed by atoms with van der Waals surface area (Å²) in [7, 11) is 0. The molecular formula is C15H19ClN2O2. The molecule has 0 spiro atoms. The lowest BCUT2D eigenvalue weighted by Crippen LogP contribution is -2.44. The average molecular weight is 295 g/mol. The Bertz CT molecular complexity index is 533. The van der Waals surface area contributed by atoms with E-state index in [1.165, 1.54) is 6.42 Å². The van der Waals surface area contributed by atoms with Crippen LogP contribution in [0.25, 0.3) is 0 Å². The van der Waals surface area contributed by atoms with Crippen molar-refractivity contribution >= 4 is 23.3 Å². The molecule has 3 rings (SSSR count). The molecule has 1 fully saturated rings. The maximum Gasteiger partial charge on any atom is 0.322 e. The number of carbonyl (C=O) groups excluding carboxylic acids is 1. The molecule has 0 radical (unpaired) electrons. The van der Waals surface area contributed by atoms with Gasteiger partial charge in [0.05, 0.1) is 12.3 Å². The number of nitrogens with zero attached hydrogens (tertiary/aromatic N) is 1. The molecule has 2 amide bonds. The second kappa shape index (κ2) is 5.52. The van der Waals surface area contributed by atoms with Crippen LogP contribution < -0.4 is 10.1 Å². The molecule has 1 aromatic rings. The number of hydrogen-bond acceptors (Lipinski definition) is 2. The highest BCUT2D eigenvalue weighted by molar-refractivity contribution is 6.31. The monoisotopic (exact) mass is 294 g/mol. The summed E-state index contributed by atoms with van der Waals surface area (Å²) in [5.74, 6) is 0.771. The summed E-state index contributed by atoms with van der Waals surface area (Å²) in [5.41, 5.74) is 1.76. The molecule has 20 heavy (non-hydrogen) atoms. The summed E-state index contributed by atoms with van der Waals surface area (Å²) in [6.45, 7) is 3.56. The minimum Gasteiger partial charge on any atom is -0.491 e. The number of carbonyl (C=O) groups is 1. The number of hydrogen-bond donors (Lipinski definition) is 1. The van der Waals surface area contributed by atoms with Crippen LogP contribution in [0.1, 0.15) is 31.7 Å². The molecule has 1 atom stereocenters. The first-order valence-electron chi connectivity index (χ1n) is 7.18. The summed E-state index contributed by atoms with van der Waals surface area (Å²) in [6.07, 6.45) is 4.18. The minimum absolute atomic E-state index is 0.0582. The zero-order valence-corrected chi connectivity index (χ0v) is 12.4. The Labute approximate surface area is 124 Å². The SMILES string of the molecule is CC1CCCCN1C(=O)Nc1cc(Cl)cc2c1OCC2. The fraction of sp³-hybridized carbons (Fsp3) is 0.533. The number of amides is 2. The standard InChI is InChI=1S/C15H19ClN2O2/c1-10-4-2-3-6-18(10)15(19)17-13-9-12(16)8-11-5-7-20-14(11)13/h8-10H,2-7H2,1H3,(H,17,19). The van der Waals surface area contributed by atoms with Gasteiger partial charge in [-0.1, -0.05) is 11.6 Å². The second-order valence-corrected chi connectivity index (χ2v) is 5.94. The van der Waals surface area contributed by atoms with Crippen LogP contribution in [-0.4, -0.2) is 30.1 Å². The number of piperidine rings is 1. The summed E-state index contributed by atoms with van der Waals surface area (Å²) < 4.78 is 5.61. The van der Waals surface area contributed by atoms with Gasteiger partial charge in [-0.15, -0.1) is 0 Å². The molecule has 1 aromatic carbocycles. The van der Waals surface area contributed by atoms with Crippen LogP contribution >= 0.6 is 11.6 Å². The number of rotatable bonds is 1. The van der Waals surface area contributed by atoms with Gasteiger partial charge >= 0.3 is 6.03 Å². The normalized spacial score (nSPS) is 21.3. The molecule has 0 saturated carbocycles. The summed E-state index contributed by atoms with van der Waals surface area (Å²) in [4.78, 5) is 14.3. The zero-order valence-electron chi connectivity index (χ0n) is 11.6. The Morgan fingerprint density at radius 3 is 3.10 bits per heavy atom. The zero-order chi connectivity index (χ0) is 14.1. The van der Waals surface area contributed by atoms with E-state index in [1.54, 1.807) is 6.07 Å². The van der Waals surface area contributed by atoms with Gasteiger partial charge in [-0.05, 0) is 38.3 Å². The van der Waals surface area contributed by atoms with Gasteiger partial charge in [0.25, 0.3) is 0 Å². The van der Waals surface area contributed by atoms with Crippen LogP contribution in [0.15, 0.2) is 12.1 Å². The Morgan fingerprint density at radius 1 is 1.45 bits per heavy atom. The van der Waals surface area contributed by atoms with Gasteiger partial charge in [-0.2, -0.15) is 0 Å². The van der Waals surface area contributed by atoms with Crippen molar-refractivity contribution in [1.82, 2.24) is 4.90 Å². The Balaban J connectivity index is 1.79. The van der Waals surface area contributed by atoms with E-state index in [2.05, 4.69) is 12.2 Å². The molecule has 0 aliphatic carbocycles. The van der Waals surface area contributed by atoms with Crippen LogP contribution in [-0.2, 0) is 6.42 Å². The lowest BCUT2D eigenvalue weighted by atomic mass is 10.0. The molecule has 5 heteroatoms. The maximum absolute atomic E-state index is 12.4. The largest absolute Gasteiger partial charge is 0.491 e. The third kappa shape index (κ3) is 2.57. The van der Waals surface area contributed by atoms with E-state index in [0.717, 1.165) is 37.1 Å². The molecule has 0 bridgehead atoms. The average Bonchev–Trinajstić information content (AvgIpc) is 2.87. The third-order valence-corrected chi connectivity index (χ3v) is 4.27. The predicted molar refractivity (Wildman–Crippen MR) is 79.7 cm³/mol. The third-order valence-electron chi connectivity index (χ3n) is 4.05. The van der Waals surface area contributed by atoms with Crippen LogP contribution in [0, 0.1) is 0 Å². The number of fused-ring (bicyclic) bond motifs is 1. The molecule has 1 N–H and O–H groups in total. The molecule has 0 aromatic heterocycles. The Kier molecular flexibility index (Phi) is 3.74. The molecule has 1 unspecified atom stereocenters. The first-order valence-corrected chi connectivity index (χ1v) is 7.56. The number of anilines is 1. The van der Waals surface area contributed by atoms with Crippen molar-refractivity contribution in [2.24, 2.45) is 0 Å². The summed E-state index contributed by atoms with van der Waals surface area (Å²) >= 11 is 6.11. The summed E-state index contributed by atoms with van der Waals surface area (Å²) in [5, 5.41) is 3.60. The van der Waals surface area contributed by atoms with E-state index in [1.807, 2.05) is 11.0 Å². The van der Waals surface area contributed by atoms with Gasteiger partial charge < -0.3 is 15.0 Å². The second-order valence-electron chi connectivity index (χ2n) is 5.51. The van der Waals surface area contributed by atoms with Gasteiger partial charge in [0.15, 0.2) is 0 Å². The minimum atomic E-state index is -0.0582. The van der Waals surface area contributed by atoms with Crippen molar-refractivity contribution in [2.45, 2.75) is 38.6 Å². The van der Waals surface area contributed by atoms with Gasteiger partial charge in [0.1, 0.15) is 5.75 Å². The molecule has 108 valence electrons. The summed E-state index contributed by atoms with van der Waals surface area (Å²) in [6, 6.07) is 3.90. The highest BCUT2D eigenvalue weighted by Crippen LogP contribution is 2.37. The first-order chi connectivity index (χ1) is 9.65. The van der Waals surface area contributed by atoms with E-state index in [9.17, 15) is 4.79 Å². The molecule has 2 aliphatic heterocycles. The van der Waals surface area contributed by atoms with E-state index in [0.29, 0.717) is 17.3 Å². The van der Waals surface area contributed by atoms with E-state index >= 15 is 0 Å². The van der Waals surface area contributed by atoms with Gasteiger partial charge in [0, 0.05) is 29.6 Å². The predicted octanol–water partition coefficient (Wildman–Crippen LogP) is 3.68. The van der Waals surface area contributed by atoms with Gasteiger partial charge in [-0.25, -0.2) is 4.79 Å². The number of ether oxygens (including phenoxy) is 1. The quantitative estimate of drug-likeness (QED) is 0.858. The highest BCUT2D eigenvalue weighted by atomic mass is 35.5. The molecule has 1 saturated heterocycles. The molecular weight excluding hydrogens is 276 g/mol. The molecule has 2 heterocycles. The molecule has 4 nitrogen and oxygen atoms in total. The lowest BCUT2D eigenvalue weighted by Gasteiger charge is -2.33. The highest BCUT2D eigenvalue weighted by Gasteiger charge is 2.25. The number of benzene rings is 1. The van der Waals surface area contributed by atoms with Crippen molar-refractivity contribution in [3.63, 3.8) is 0 Å². The first kappa shape index (κ1) is 13.6. The van der Waals surface area contributed by atoms with Gasteiger partial charge in [0.2, 0.25) is 0 Å². The van der Waals surface area contributed by atoms with E-state index in [4.69, 9.17) is 16.3 Å². The van der Waals surface area contributed by atoms with Crippen LogP contribution in [0.2, 0.25) is 5.02 Å².